The summed E-state index contributed by atoms with van der Waals surface area (Å²) in [7, 11) is 2.10. The molecular weight excluding hydrogens is 407 g/mol. The van der Waals surface area contributed by atoms with Crippen molar-refractivity contribution in [3.05, 3.63) is 29.8 Å². The lowest BCUT2D eigenvalue weighted by Gasteiger charge is -2.18. The van der Waals surface area contributed by atoms with E-state index in [1.54, 1.807) is 0 Å². The van der Waals surface area contributed by atoms with Crippen molar-refractivity contribution in [2.24, 2.45) is 9.98 Å². The van der Waals surface area contributed by atoms with Crippen molar-refractivity contribution < 1.29 is 0 Å². The van der Waals surface area contributed by atoms with Gasteiger partial charge in [0.2, 0.25) is 5.96 Å². The average molecular weight is 430 g/mol. The number of guanidine groups is 1. The van der Waals surface area contributed by atoms with E-state index in [1.165, 1.54) is 18.4 Å². The second kappa shape index (κ2) is 8.19. The summed E-state index contributed by atoms with van der Waals surface area (Å²) in [6.45, 7) is 5.30. The van der Waals surface area contributed by atoms with E-state index in [0.29, 0.717) is 0 Å². The second-order valence-corrected chi connectivity index (χ2v) is 6.67. The quantitative estimate of drug-likeness (QED) is 0.387. The topological polar surface area (TPSA) is 31.2 Å². The molecule has 3 rings (SSSR count). The number of halogens is 1. The normalized spacial score (nSPS) is 20.6. The highest BCUT2D eigenvalue weighted by Crippen LogP contribution is 2.20. The number of hydrogen-bond donors (Lipinski definition) is 0. The van der Waals surface area contributed by atoms with Crippen molar-refractivity contribution in [1.82, 2.24) is 9.80 Å². The Balaban J connectivity index is 0.00000176. The first kappa shape index (κ1) is 17.6. The molecule has 0 radical (unpaired) electrons. The van der Waals surface area contributed by atoms with Crippen molar-refractivity contribution >= 4 is 52.6 Å². The molecule has 2 fully saturated rings. The van der Waals surface area contributed by atoms with Gasteiger partial charge in [-0.1, -0.05) is 29.5 Å². The first-order valence-electron chi connectivity index (χ1n) is 7.55. The fourth-order valence-electron chi connectivity index (χ4n) is 2.50. The van der Waals surface area contributed by atoms with Gasteiger partial charge in [0.1, 0.15) is 0 Å². The van der Waals surface area contributed by atoms with E-state index in [4.69, 9.17) is 9.98 Å². The van der Waals surface area contributed by atoms with Gasteiger partial charge >= 0.3 is 0 Å². The lowest BCUT2D eigenvalue weighted by atomic mass is 10.2. The van der Waals surface area contributed by atoms with Crippen LogP contribution in [-0.4, -0.2) is 53.4 Å². The lowest BCUT2D eigenvalue weighted by molar-refractivity contribution is 0.510. The molecule has 4 nitrogen and oxygen atoms in total. The van der Waals surface area contributed by atoms with Gasteiger partial charge < -0.3 is 9.80 Å². The summed E-state index contributed by atoms with van der Waals surface area (Å²) in [5.41, 5.74) is 2.24. The van der Waals surface area contributed by atoms with Crippen LogP contribution in [0.3, 0.4) is 0 Å². The molecule has 0 aliphatic carbocycles. The van der Waals surface area contributed by atoms with E-state index in [9.17, 15) is 0 Å². The number of aryl methyl sites for hydroxylation is 1. The van der Waals surface area contributed by atoms with E-state index in [-0.39, 0.29) is 24.0 Å². The van der Waals surface area contributed by atoms with Gasteiger partial charge in [0.05, 0.1) is 5.69 Å². The predicted octanol–water partition coefficient (Wildman–Crippen LogP) is 3.73. The van der Waals surface area contributed by atoms with Crippen LogP contribution in [0.15, 0.2) is 34.3 Å². The number of amidine groups is 1. The molecular formula is C16H23IN4S. The largest absolute Gasteiger partial charge is 0.353 e. The van der Waals surface area contributed by atoms with E-state index in [2.05, 4.69) is 48.0 Å². The zero-order valence-corrected chi connectivity index (χ0v) is 16.3. The molecule has 0 amide bonds. The van der Waals surface area contributed by atoms with Gasteiger partial charge in [-0.05, 0) is 31.9 Å². The highest BCUT2D eigenvalue weighted by atomic mass is 127. The highest BCUT2D eigenvalue weighted by Gasteiger charge is 2.20. The molecule has 2 aliphatic rings. The molecule has 0 atom stereocenters. The summed E-state index contributed by atoms with van der Waals surface area (Å²) in [4.78, 5) is 14.2. The van der Waals surface area contributed by atoms with E-state index >= 15 is 0 Å². The molecule has 22 heavy (non-hydrogen) atoms. The van der Waals surface area contributed by atoms with E-state index in [0.717, 1.165) is 42.2 Å². The Hall–Kier alpha value is -0.760. The highest BCUT2D eigenvalue weighted by molar-refractivity contribution is 14.0. The summed E-state index contributed by atoms with van der Waals surface area (Å²) >= 11 is 1.82. The van der Waals surface area contributed by atoms with E-state index < -0.39 is 0 Å². The van der Waals surface area contributed by atoms with Crippen LogP contribution >= 0.6 is 35.7 Å². The van der Waals surface area contributed by atoms with Crippen LogP contribution in [0.4, 0.5) is 5.69 Å². The molecule has 2 aliphatic heterocycles. The monoisotopic (exact) mass is 430 g/mol. The van der Waals surface area contributed by atoms with Crippen molar-refractivity contribution in [1.29, 1.82) is 0 Å². The Morgan fingerprint density at radius 3 is 2.36 bits per heavy atom. The smallest absolute Gasteiger partial charge is 0.228 e. The Morgan fingerprint density at radius 1 is 1.09 bits per heavy atom. The Morgan fingerprint density at radius 2 is 1.77 bits per heavy atom. The Bertz CT molecular complexity index is 550. The summed E-state index contributed by atoms with van der Waals surface area (Å²) in [5.74, 6) is 1.99. The predicted molar refractivity (Wildman–Crippen MR) is 107 cm³/mol. The molecule has 1 aromatic carbocycles. The van der Waals surface area contributed by atoms with Gasteiger partial charge in [-0.15, -0.1) is 24.0 Å². The minimum absolute atomic E-state index is 0. The number of aliphatic imine (C=N–C) groups is 2. The van der Waals surface area contributed by atoms with Gasteiger partial charge in [-0.2, -0.15) is 4.99 Å². The third-order valence-electron chi connectivity index (χ3n) is 3.83. The zero-order chi connectivity index (χ0) is 14.7. The van der Waals surface area contributed by atoms with Crippen molar-refractivity contribution in [3.8, 4) is 0 Å². The third-order valence-corrected chi connectivity index (χ3v) is 4.88. The summed E-state index contributed by atoms with van der Waals surface area (Å²) in [6, 6.07) is 8.34. The van der Waals surface area contributed by atoms with Crippen LogP contribution in [0.2, 0.25) is 0 Å². The first-order chi connectivity index (χ1) is 10.2. The van der Waals surface area contributed by atoms with Crippen molar-refractivity contribution in [2.75, 3.05) is 32.4 Å². The standard InChI is InChI=1S/C16H22N4S.HI/c1-13-5-7-14(8-6-13)17-15(20-9-3-4-10-20)18-16-19(2)11-12-21-16;/h5-8H,3-4,9-12H2,1-2H3;1H. The van der Waals surface area contributed by atoms with E-state index in [1.807, 2.05) is 11.8 Å². The maximum absolute atomic E-state index is 4.84. The van der Waals surface area contributed by atoms with Gasteiger partial charge in [-0.25, -0.2) is 4.99 Å². The first-order valence-corrected chi connectivity index (χ1v) is 8.54. The number of thioether (sulfide) groups is 1. The summed E-state index contributed by atoms with van der Waals surface area (Å²) in [5, 5.41) is 1.09. The van der Waals surface area contributed by atoms with Crippen LogP contribution in [0.25, 0.3) is 0 Å². The summed E-state index contributed by atoms with van der Waals surface area (Å²) < 4.78 is 0. The molecule has 0 N–H and O–H groups in total. The van der Waals surface area contributed by atoms with Crippen LogP contribution in [-0.2, 0) is 0 Å². The fraction of sp³-hybridized carbons (Fsp3) is 0.500. The number of likely N-dealkylation sites (tertiary alicyclic amines) is 1. The molecule has 1 aromatic rings. The second-order valence-electron chi connectivity index (χ2n) is 5.61. The number of benzene rings is 1. The summed E-state index contributed by atoms with van der Waals surface area (Å²) in [6.07, 6.45) is 2.47. The van der Waals surface area contributed by atoms with Crippen molar-refractivity contribution in [3.63, 3.8) is 0 Å². The molecule has 6 heteroatoms. The third kappa shape index (κ3) is 4.38. The Kier molecular flexibility index (Phi) is 6.55. The minimum Gasteiger partial charge on any atom is -0.353 e. The van der Waals surface area contributed by atoms with Gasteiger partial charge in [0.15, 0.2) is 5.17 Å². The molecule has 2 heterocycles. The number of nitrogens with zero attached hydrogens (tertiary/aromatic N) is 4. The van der Waals surface area contributed by atoms with Crippen LogP contribution in [0, 0.1) is 6.92 Å². The molecule has 120 valence electrons. The van der Waals surface area contributed by atoms with Gasteiger partial charge in [0, 0.05) is 32.4 Å². The Labute approximate surface area is 154 Å². The molecule has 0 aromatic heterocycles. The van der Waals surface area contributed by atoms with Gasteiger partial charge in [0.25, 0.3) is 0 Å². The SMILES string of the molecule is Cc1ccc(N=C(N=C2SCCN2C)N2CCCC2)cc1.I. The lowest BCUT2D eigenvalue weighted by Crippen LogP contribution is -2.29. The molecule has 0 unspecified atom stereocenters. The van der Waals surface area contributed by atoms with Crippen molar-refractivity contribution in [2.45, 2.75) is 19.8 Å². The molecule has 2 saturated heterocycles. The number of hydrogen-bond acceptors (Lipinski definition) is 2. The van der Waals surface area contributed by atoms with Crippen LogP contribution in [0.1, 0.15) is 18.4 Å². The molecule has 0 bridgehead atoms. The zero-order valence-electron chi connectivity index (χ0n) is 13.2. The minimum atomic E-state index is 0. The van der Waals surface area contributed by atoms with Crippen LogP contribution in [0.5, 0.6) is 0 Å². The molecule has 0 saturated carbocycles. The average Bonchev–Trinajstić information content (AvgIpc) is 3.13. The molecule has 0 spiro atoms. The maximum Gasteiger partial charge on any atom is 0.228 e. The van der Waals surface area contributed by atoms with Gasteiger partial charge in [-0.3, -0.25) is 0 Å². The number of rotatable bonds is 1. The maximum atomic E-state index is 4.84. The fourth-order valence-corrected chi connectivity index (χ4v) is 3.51. The van der Waals surface area contributed by atoms with Crippen LogP contribution < -0.4 is 0 Å².